The fraction of sp³-hybridized carbons (Fsp3) is 0.696. The van der Waals surface area contributed by atoms with Crippen LogP contribution in [0.25, 0.3) is 5.65 Å². The highest BCUT2D eigenvalue weighted by Crippen LogP contribution is 2.27. The quantitative estimate of drug-likeness (QED) is 0.632. The van der Waals surface area contributed by atoms with Gasteiger partial charge in [-0.05, 0) is 38.7 Å². The highest BCUT2D eigenvalue weighted by Gasteiger charge is 2.34. The number of likely N-dealkylation sites (tertiary alicyclic amines) is 1. The number of piperazine rings is 1. The number of amides is 1. The van der Waals surface area contributed by atoms with E-state index in [-0.39, 0.29) is 16.8 Å². The van der Waals surface area contributed by atoms with E-state index in [0.717, 1.165) is 32.5 Å². The monoisotopic (exact) mass is 489 g/mol. The van der Waals surface area contributed by atoms with Crippen molar-refractivity contribution in [2.45, 2.75) is 68.8 Å². The first kappa shape index (κ1) is 23.5. The Morgan fingerprint density at radius 2 is 1.85 bits per heavy atom. The van der Waals surface area contributed by atoms with Crippen molar-refractivity contribution in [1.29, 1.82) is 0 Å². The molecule has 4 heterocycles. The summed E-state index contributed by atoms with van der Waals surface area (Å²) in [6.45, 7) is 5.90. The molecule has 0 bridgehead atoms. The lowest BCUT2D eigenvalue weighted by atomic mass is 10.1. The van der Waals surface area contributed by atoms with Gasteiger partial charge in [-0.15, -0.1) is 0 Å². The zero-order valence-corrected chi connectivity index (χ0v) is 20.7. The minimum absolute atomic E-state index is 0.0371. The zero-order valence-electron chi connectivity index (χ0n) is 19.9. The molecule has 3 fully saturated rings. The Morgan fingerprint density at radius 3 is 2.59 bits per heavy atom. The lowest BCUT2D eigenvalue weighted by Crippen LogP contribution is -2.51. The van der Waals surface area contributed by atoms with Crippen molar-refractivity contribution in [3.8, 4) is 0 Å². The van der Waals surface area contributed by atoms with Gasteiger partial charge in [-0.1, -0.05) is 12.8 Å². The molecule has 34 heavy (non-hydrogen) atoms. The Bertz CT molecular complexity index is 1120. The molecule has 2 aromatic heterocycles. The number of aromatic nitrogens is 3. The average Bonchev–Trinajstić information content (AvgIpc) is 3.53. The third-order valence-corrected chi connectivity index (χ3v) is 9.43. The Morgan fingerprint density at radius 1 is 1.09 bits per heavy atom. The minimum Gasteiger partial charge on any atom is -0.368 e. The Kier molecular flexibility index (Phi) is 6.76. The van der Waals surface area contributed by atoms with E-state index in [4.69, 9.17) is 0 Å². The van der Waals surface area contributed by atoms with Gasteiger partial charge in [0.15, 0.2) is 5.65 Å². The average molecular weight is 490 g/mol. The smallest absolute Gasteiger partial charge is 0.248 e. The van der Waals surface area contributed by atoms with Gasteiger partial charge in [0.05, 0.1) is 6.20 Å². The van der Waals surface area contributed by atoms with E-state index in [1.165, 1.54) is 36.4 Å². The molecule has 1 aliphatic carbocycles. The summed E-state index contributed by atoms with van der Waals surface area (Å²) in [4.78, 5) is 21.3. The molecule has 2 saturated heterocycles. The fourth-order valence-electron chi connectivity index (χ4n) is 5.50. The van der Waals surface area contributed by atoms with Crippen LogP contribution in [0.3, 0.4) is 0 Å². The van der Waals surface area contributed by atoms with Gasteiger partial charge in [0.2, 0.25) is 15.9 Å². The highest BCUT2D eigenvalue weighted by atomic mass is 32.2. The third-order valence-electron chi connectivity index (χ3n) is 7.54. The molecule has 1 amide bonds. The largest absolute Gasteiger partial charge is 0.368 e. The summed E-state index contributed by atoms with van der Waals surface area (Å²) in [7, 11) is -3.68. The lowest BCUT2D eigenvalue weighted by molar-refractivity contribution is -0.135. The van der Waals surface area contributed by atoms with E-state index < -0.39 is 10.0 Å². The molecule has 3 aliphatic rings. The molecule has 1 unspecified atom stereocenters. The van der Waals surface area contributed by atoms with Crippen LogP contribution in [-0.4, -0.2) is 94.4 Å². The number of nitrogens with zero attached hydrogens (tertiary/aromatic N) is 6. The first-order valence-electron chi connectivity index (χ1n) is 12.6. The van der Waals surface area contributed by atoms with E-state index in [1.807, 2.05) is 11.8 Å². The molecule has 1 atom stereocenters. The van der Waals surface area contributed by atoms with Crippen LogP contribution in [0.2, 0.25) is 0 Å². The summed E-state index contributed by atoms with van der Waals surface area (Å²) in [6, 6.07) is 2.43. The lowest BCUT2D eigenvalue weighted by Gasteiger charge is -2.37. The number of piperidine rings is 1. The summed E-state index contributed by atoms with van der Waals surface area (Å²) >= 11 is 0. The molecule has 5 rings (SSSR count). The predicted molar refractivity (Wildman–Crippen MR) is 129 cm³/mol. The molecular weight excluding hydrogens is 454 g/mol. The van der Waals surface area contributed by atoms with Crippen molar-refractivity contribution in [3.63, 3.8) is 0 Å². The number of sulfonamides is 1. The Balaban J connectivity index is 1.27. The van der Waals surface area contributed by atoms with E-state index in [2.05, 4.69) is 20.3 Å². The molecule has 2 aromatic rings. The summed E-state index contributed by atoms with van der Waals surface area (Å²) in [6.07, 6.45) is 10.7. The van der Waals surface area contributed by atoms with Crippen LogP contribution in [0.4, 0.5) is 5.82 Å². The van der Waals surface area contributed by atoms with Crippen molar-refractivity contribution >= 4 is 27.4 Å². The number of fused-ring (bicyclic) bond motifs is 1. The molecule has 0 spiro atoms. The second-order valence-corrected chi connectivity index (χ2v) is 11.6. The number of hydrogen-bond donors (Lipinski definition) is 1. The second-order valence-electron chi connectivity index (χ2n) is 9.74. The number of hydrogen-bond acceptors (Lipinski definition) is 7. The van der Waals surface area contributed by atoms with Crippen molar-refractivity contribution in [2.24, 2.45) is 0 Å². The summed E-state index contributed by atoms with van der Waals surface area (Å²) in [5.41, 5.74) is 0.324. The van der Waals surface area contributed by atoms with Gasteiger partial charge in [-0.2, -0.15) is 9.40 Å². The Hall–Kier alpha value is -2.24. The van der Waals surface area contributed by atoms with Gasteiger partial charge in [-0.3, -0.25) is 9.69 Å². The van der Waals surface area contributed by atoms with Crippen LogP contribution in [0.5, 0.6) is 0 Å². The summed E-state index contributed by atoms with van der Waals surface area (Å²) < 4.78 is 30.0. The molecule has 10 nitrogen and oxygen atoms in total. The standard InChI is InChI=1S/C23H35N7O3S/c1-18(29-10-5-4-8-22(29)31)16-24-21-9-11-30-23(26-21)20(17-25-30)34(32,33)28-14-12-27(13-15-28)19-6-2-3-7-19/h9,11,17-19H,2-8,10,12-16H2,1H3,(H,24,26). The van der Waals surface area contributed by atoms with E-state index in [0.29, 0.717) is 43.6 Å². The summed E-state index contributed by atoms with van der Waals surface area (Å²) in [5.74, 6) is 0.771. The molecular formula is C23H35N7O3S. The van der Waals surface area contributed by atoms with Crippen LogP contribution in [0.15, 0.2) is 23.4 Å². The van der Waals surface area contributed by atoms with E-state index >= 15 is 0 Å². The first-order valence-corrected chi connectivity index (χ1v) is 14.0. The van der Waals surface area contributed by atoms with Crippen LogP contribution >= 0.6 is 0 Å². The number of carbonyl (C=O) groups is 1. The Labute approximate surface area is 201 Å². The molecule has 0 radical (unpaired) electrons. The predicted octanol–water partition coefficient (Wildman–Crippen LogP) is 1.79. The maximum atomic E-state index is 13.5. The molecule has 1 saturated carbocycles. The topological polar surface area (TPSA) is 103 Å². The third kappa shape index (κ3) is 4.65. The zero-order chi connectivity index (χ0) is 23.7. The van der Waals surface area contributed by atoms with Gasteiger partial charge >= 0.3 is 0 Å². The van der Waals surface area contributed by atoms with Crippen molar-refractivity contribution in [1.82, 2.24) is 28.7 Å². The second kappa shape index (κ2) is 9.79. The number of rotatable bonds is 7. The normalized spacial score (nSPS) is 22.5. The molecule has 186 valence electrons. The maximum Gasteiger partial charge on any atom is 0.248 e. The number of anilines is 1. The van der Waals surface area contributed by atoms with Crippen LogP contribution < -0.4 is 5.32 Å². The summed E-state index contributed by atoms with van der Waals surface area (Å²) in [5, 5.41) is 7.51. The van der Waals surface area contributed by atoms with Crippen molar-refractivity contribution in [3.05, 3.63) is 18.5 Å². The van der Waals surface area contributed by atoms with E-state index in [1.54, 1.807) is 16.6 Å². The van der Waals surface area contributed by atoms with Crippen molar-refractivity contribution in [2.75, 3.05) is 44.6 Å². The SMILES string of the molecule is CC(CNc1ccn2ncc(S(=O)(=O)N3CCN(C4CCCC4)CC3)c2n1)N1CCCCC1=O. The van der Waals surface area contributed by atoms with Gasteiger partial charge in [0.25, 0.3) is 0 Å². The van der Waals surface area contributed by atoms with Gasteiger partial charge in [-0.25, -0.2) is 17.9 Å². The number of nitrogens with one attached hydrogen (secondary N) is 1. The number of carbonyl (C=O) groups excluding carboxylic acids is 1. The van der Waals surface area contributed by atoms with E-state index in [9.17, 15) is 13.2 Å². The van der Waals surface area contributed by atoms with Crippen LogP contribution in [-0.2, 0) is 14.8 Å². The maximum absolute atomic E-state index is 13.5. The molecule has 1 N–H and O–H groups in total. The van der Waals surface area contributed by atoms with Gasteiger partial charge < -0.3 is 10.2 Å². The molecule has 11 heteroatoms. The fourth-order valence-corrected chi connectivity index (χ4v) is 6.97. The van der Waals surface area contributed by atoms with Crippen LogP contribution in [0, 0.1) is 0 Å². The molecule has 0 aromatic carbocycles. The minimum atomic E-state index is -3.68. The van der Waals surface area contributed by atoms with Gasteiger partial charge in [0, 0.05) is 64.0 Å². The first-order chi connectivity index (χ1) is 16.4. The highest BCUT2D eigenvalue weighted by molar-refractivity contribution is 7.89. The van der Waals surface area contributed by atoms with Gasteiger partial charge in [0.1, 0.15) is 10.7 Å². The van der Waals surface area contributed by atoms with Crippen molar-refractivity contribution < 1.29 is 13.2 Å². The molecule has 2 aliphatic heterocycles. The van der Waals surface area contributed by atoms with Crippen LogP contribution in [0.1, 0.15) is 51.9 Å².